The van der Waals surface area contributed by atoms with Crippen LogP contribution in [0.15, 0.2) is 48.5 Å². The Hall–Kier alpha value is -3.49. The average molecular weight is 430 g/mol. The van der Waals surface area contributed by atoms with Crippen LogP contribution in [0.3, 0.4) is 0 Å². The van der Waals surface area contributed by atoms with Crippen molar-refractivity contribution in [1.82, 2.24) is 4.57 Å². The summed E-state index contributed by atoms with van der Waals surface area (Å²) in [5, 5.41) is 32.8. The molecule has 2 N–H and O–H groups in total. The zero-order valence-corrected chi connectivity index (χ0v) is 16.0. The van der Waals surface area contributed by atoms with Crippen LogP contribution < -0.4 is 0 Å². The first-order valence-corrected chi connectivity index (χ1v) is 9.75. The number of aromatic nitrogens is 1. The van der Waals surface area contributed by atoms with Crippen molar-refractivity contribution in [3.8, 4) is 17.4 Å². The first kappa shape index (κ1) is 19.5. The van der Waals surface area contributed by atoms with Gasteiger partial charge in [0.05, 0.1) is 10.6 Å². The van der Waals surface area contributed by atoms with Crippen LogP contribution >= 0.6 is 0 Å². The van der Waals surface area contributed by atoms with Crippen molar-refractivity contribution in [2.24, 2.45) is 0 Å². The predicted molar refractivity (Wildman–Crippen MR) is 105 cm³/mol. The Balaban J connectivity index is 1.63. The Morgan fingerprint density at radius 3 is 2.26 bits per heavy atom. The summed E-state index contributed by atoms with van der Waals surface area (Å²) in [5.74, 6) is -0.564. The maximum Gasteiger partial charge on any atom is 0.423 e. The average Bonchev–Trinajstić information content (AvgIpc) is 3.39. The summed E-state index contributed by atoms with van der Waals surface area (Å²) in [6.07, 6.45) is -3.44. The summed E-state index contributed by atoms with van der Waals surface area (Å²) in [4.78, 5) is 9.92. The monoisotopic (exact) mass is 430 g/mol. The van der Waals surface area contributed by atoms with E-state index in [0.717, 1.165) is 35.1 Å². The molecule has 0 aliphatic heterocycles. The van der Waals surface area contributed by atoms with Crippen molar-refractivity contribution < 1.29 is 28.3 Å². The molecule has 2 bridgehead atoms. The van der Waals surface area contributed by atoms with Crippen molar-refractivity contribution in [1.29, 1.82) is 0 Å². The number of alkyl halides is 3. The second kappa shape index (κ2) is 6.50. The van der Waals surface area contributed by atoms with Gasteiger partial charge in [-0.3, -0.25) is 14.7 Å². The van der Waals surface area contributed by atoms with E-state index in [-0.39, 0.29) is 35.2 Å². The topological polar surface area (TPSA) is 88.5 Å². The van der Waals surface area contributed by atoms with E-state index in [1.807, 2.05) is 30.3 Å². The third-order valence-electron chi connectivity index (χ3n) is 6.51. The fourth-order valence-corrected chi connectivity index (χ4v) is 5.31. The number of benzene rings is 2. The molecule has 3 atom stereocenters. The Bertz CT molecular complexity index is 1200. The number of fused-ring (bicyclic) bond motifs is 5. The van der Waals surface area contributed by atoms with E-state index in [4.69, 9.17) is 0 Å². The van der Waals surface area contributed by atoms with Crippen LogP contribution in [0.25, 0.3) is 5.69 Å². The van der Waals surface area contributed by atoms with E-state index in [1.165, 1.54) is 0 Å². The van der Waals surface area contributed by atoms with Gasteiger partial charge in [0.2, 0.25) is 11.8 Å². The van der Waals surface area contributed by atoms with E-state index in [0.29, 0.717) is 17.2 Å². The summed E-state index contributed by atoms with van der Waals surface area (Å²) in [6, 6.07) is 12.2. The minimum absolute atomic E-state index is 0.0162. The van der Waals surface area contributed by atoms with Gasteiger partial charge >= 0.3 is 6.18 Å². The molecule has 0 amide bonds. The molecule has 0 radical (unpaired) electrons. The molecule has 9 heteroatoms. The van der Waals surface area contributed by atoms with Gasteiger partial charge in [-0.25, -0.2) is 0 Å². The number of aromatic hydroxyl groups is 2. The van der Waals surface area contributed by atoms with E-state index in [1.54, 1.807) is 0 Å². The van der Waals surface area contributed by atoms with Gasteiger partial charge in [-0.15, -0.1) is 0 Å². The maximum atomic E-state index is 13.4. The zero-order chi connectivity index (χ0) is 22.1. The Morgan fingerprint density at radius 2 is 1.61 bits per heavy atom. The molecule has 1 fully saturated rings. The molecule has 1 heterocycles. The van der Waals surface area contributed by atoms with Gasteiger partial charge in [0.1, 0.15) is 5.56 Å². The summed E-state index contributed by atoms with van der Waals surface area (Å²) >= 11 is 0. The fraction of sp³-hybridized carbons (Fsp3) is 0.273. The van der Waals surface area contributed by atoms with E-state index in [9.17, 15) is 33.5 Å². The van der Waals surface area contributed by atoms with Crippen LogP contribution in [0, 0.1) is 10.1 Å². The highest BCUT2D eigenvalue weighted by molar-refractivity contribution is 5.62. The van der Waals surface area contributed by atoms with Gasteiger partial charge in [0.15, 0.2) is 0 Å². The molecular weight excluding hydrogens is 413 g/mol. The lowest BCUT2D eigenvalue weighted by Gasteiger charge is -2.22. The normalized spacial score (nSPS) is 22.0. The second-order valence-corrected chi connectivity index (χ2v) is 8.06. The molecule has 6 nitrogen and oxygen atoms in total. The van der Waals surface area contributed by atoms with Crippen LogP contribution in [0.4, 0.5) is 18.9 Å². The van der Waals surface area contributed by atoms with Crippen LogP contribution in [-0.4, -0.2) is 19.7 Å². The summed E-state index contributed by atoms with van der Waals surface area (Å²) in [6.45, 7) is 0. The largest absolute Gasteiger partial charge is 0.494 e. The molecule has 31 heavy (non-hydrogen) atoms. The SMILES string of the molecule is O=[N+]([O-])c1ccc(-n2c(O)c3c(c2O)[C@@H]2C[C@H]3C[C@@H]2c2ccccc2)cc1C(F)(F)F. The van der Waals surface area contributed by atoms with Gasteiger partial charge in [0.25, 0.3) is 5.69 Å². The standard InChI is InChI=1S/C22H17F3N2O4/c23-22(24,25)16-10-13(6-7-17(16)27(30)31)26-20(28)18-12-8-14(11-4-2-1-3-5-11)15(9-12)19(18)21(26)29/h1-7,10,12,14-15,28-29H,8-9H2/t12-,14-,15-/m1/s1. The molecule has 0 saturated heterocycles. The maximum absolute atomic E-state index is 13.4. The lowest BCUT2D eigenvalue weighted by Crippen LogP contribution is -2.10. The van der Waals surface area contributed by atoms with E-state index in [2.05, 4.69) is 0 Å². The minimum atomic E-state index is -4.96. The van der Waals surface area contributed by atoms with Crippen molar-refractivity contribution in [2.75, 3.05) is 0 Å². The lowest BCUT2D eigenvalue weighted by molar-refractivity contribution is -0.388. The van der Waals surface area contributed by atoms with Crippen molar-refractivity contribution in [2.45, 2.75) is 36.8 Å². The Labute approximate surface area is 174 Å². The second-order valence-electron chi connectivity index (χ2n) is 8.06. The van der Waals surface area contributed by atoms with Crippen molar-refractivity contribution in [3.05, 3.63) is 80.9 Å². The summed E-state index contributed by atoms with van der Waals surface area (Å²) in [7, 11) is 0. The molecule has 2 aromatic carbocycles. The smallest absolute Gasteiger partial charge is 0.423 e. The molecule has 5 rings (SSSR count). The van der Waals surface area contributed by atoms with Gasteiger partial charge in [-0.2, -0.15) is 13.2 Å². The van der Waals surface area contributed by atoms with Gasteiger partial charge < -0.3 is 10.2 Å². The fourth-order valence-electron chi connectivity index (χ4n) is 5.31. The molecule has 0 unspecified atom stereocenters. The molecule has 160 valence electrons. The summed E-state index contributed by atoms with van der Waals surface area (Å²) in [5.41, 5.74) is -0.483. The van der Waals surface area contributed by atoms with Crippen LogP contribution in [0.2, 0.25) is 0 Å². The first-order chi connectivity index (χ1) is 14.7. The molecule has 3 aromatic rings. The first-order valence-electron chi connectivity index (χ1n) is 9.75. The van der Waals surface area contributed by atoms with Gasteiger partial charge in [-0.05, 0) is 48.3 Å². The van der Waals surface area contributed by atoms with Crippen molar-refractivity contribution in [3.63, 3.8) is 0 Å². The zero-order valence-electron chi connectivity index (χ0n) is 16.0. The number of nitro groups is 1. The van der Waals surface area contributed by atoms with Crippen LogP contribution in [0.5, 0.6) is 11.8 Å². The minimum Gasteiger partial charge on any atom is -0.494 e. The molecule has 2 aliphatic carbocycles. The Morgan fingerprint density at radius 1 is 0.968 bits per heavy atom. The van der Waals surface area contributed by atoms with Crippen LogP contribution in [-0.2, 0) is 6.18 Å². The third kappa shape index (κ3) is 2.79. The number of hydrogen-bond acceptors (Lipinski definition) is 4. The quantitative estimate of drug-likeness (QED) is 0.420. The number of halogens is 3. The Kier molecular flexibility index (Phi) is 4.08. The lowest BCUT2D eigenvalue weighted by atomic mass is 9.81. The molecular formula is C22H17F3N2O4. The highest BCUT2D eigenvalue weighted by atomic mass is 19.4. The number of nitro benzene ring substituents is 1. The van der Waals surface area contributed by atoms with Gasteiger partial charge in [-0.1, -0.05) is 30.3 Å². The van der Waals surface area contributed by atoms with Crippen molar-refractivity contribution >= 4 is 5.69 Å². The van der Waals surface area contributed by atoms with E-state index < -0.39 is 22.4 Å². The predicted octanol–water partition coefficient (Wildman–Crippen LogP) is 5.57. The third-order valence-corrected chi connectivity index (χ3v) is 6.51. The van der Waals surface area contributed by atoms with E-state index >= 15 is 0 Å². The number of rotatable bonds is 3. The molecule has 0 spiro atoms. The number of nitrogens with zero attached hydrogens (tertiary/aromatic N) is 2. The number of hydrogen-bond donors (Lipinski definition) is 2. The highest BCUT2D eigenvalue weighted by Gasteiger charge is 2.50. The van der Waals surface area contributed by atoms with Crippen LogP contribution in [0.1, 0.15) is 52.8 Å². The summed E-state index contributed by atoms with van der Waals surface area (Å²) < 4.78 is 41.2. The molecule has 1 saturated carbocycles. The molecule has 1 aromatic heterocycles. The molecule has 2 aliphatic rings. The van der Waals surface area contributed by atoms with Gasteiger partial charge in [0, 0.05) is 17.2 Å². The highest BCUT2D eigenvalue weighted by Crippen LogP contribution is 2.65.